The van der Waals surface area contributed by atoms with Crippen molar-refractivity contribution in [2.24, 2.45) is 7.05 Å². The van der Waals surface area contributed by atoms with Gasteiger partial charge in [0.15, 0.2) is 0 Å². The summed E-state index contributed by atoms with van der Waals surface area (Å²) in [5.41, 5.74) is 2.42. The third kappa shape index (κ3) is 2.98. The van der Waals surface area contributed by atoms with Crippen LogP contribution in [0.15, 0.2) is 24.8 Å². The van der Waals surface area contributed by atoms with Crippen molar-refractivity contribution >= 4 is 0 Å². The maximum absolute atomic E-state index is 4.41. The summed E-state index contributed by atoms with van der Waals surface area (Å²) in [4.78, 5) is 0. The number of aromatic nitrogens is 4. The first-order valence-corrected chi connectivity index (χ1v) is 6.46. The summed E-state index contributed by atoms with van der Waals surface area (Å²) >= 11 is 0. The minimum atomic E-state index is 0.401. The van der Waals surface area contributed by atoms with Gasteiger partial charge in [0.05, 0.1) is 18.9 Å². The largest absolute Gasteiger partial charge is 0.310 e. The number of hydrogen-bond acceptors (Lipinski definition) is 3. The van der Waals surface area contributed by atoms with Crippen molar-refractivity contribution in [2.75, 3.05) is 6.54 Å². The monoisotopic (exact) mass is 247 g/mol. The summed E-state index contributed by atoms with van der Waals surface area (Å²) in [6.07, 6.45) is 9.04. The number of nitrogens with one attached hydrogen (secondary N) is 1. The molecule has 0 aliphatic rings. The Balaban J connectivity index is 2.05. The summed E-state index contributed by atoms with van der Waals surface area (Å²) in [7, 11) is 1.93. The number of aryl methyl sites for hydroxylation is 1. The third-order valence-electron chi connectivity index (χ3n) is 3.02. The lowest BCUT2D eigenvalue weighted by Crippen LogP contribution is -2.19. The SMILES string of the molecule is CCNC(CC)c1cnn(Cc2cnn(C)c2)c1. The van der Waals surface area contributed by atoms with E-state index in [9.17, 15) is 0 Å². The molecular formula is C13H21N5. The van der Waals surface area contributed by atoms with Crippen LogP contribution in [0.2, 0.25) is 0 Å². The Labute approximate surface area is 108 Å². The van der Waals surface area contributed by atoms with Crippen molar-refractivity contribution < 1.29 is 0 Å². The van der Waals surface area contributed by atoms with Crippen LogP contribution in [0.3, 0.4) is 0 Å². The highest BCUT2D eigenvalue weighted by atomic mass is 15.3. The van der Waals surface area contributed by atoms with Crippen LogP contribution in [0, 0.1) is 0 Å². The maximum Gasteiger partial charge on any atom is 0.0690 e. The van der Waals surface area contributed by atoms with Gasteiger partial charge in [-0.05, 0) is 13.0 Å². The van der Waals surface area contributed by atoms with Gasteiger partial charge in [0.25, 0.3) is 0 Å². The predicted octanol–water partition coefficient (Wildman–Crippen LogP) is 1.73. The molecule has 0 spiro atoms. The highest BCUT2D eigenvalue weighted by molar-refractivity contribution is 5.12. The summed E-state index contributed by atoms with van der Waals surface area (Å²) in [5, 5.41) is 12.0. The van der Waals surface area contributed by atoms with Crippen LogP contribution in [0.5, 0.6) is 0 Å². The first-order chi connectivity index (χ1) is 8.72. The van der Waals surface area contributed by atoms with Crippen LogP contribution in [-0.4, -0.2) is 26.1 Å². The average Bonchev–Trinajstić information content (AvgIpc) is 2.96. The van der Waals surface area contributed by atoms with Gasteiger partial charge in [-0.15, -0.1) is 0 Å². The fraction of sp³-hybridized carbons (Fsp3) is 0.538. The molecule has 0 fully saturated rings. The van der Waals surface area contributed by atoms with E-state index in [1.54, 1.807) is 0 Å². The molecule has 2 aromatic rings. The fourth-order valence-electron chi connectivity index (χ4n) is 2.13. The van der Waals surface area contributed by atoms with E-state index in [0.717, 1.165) is 19.5 Å². The van der Waals surface area contributed by atoms with Crippen molar-refractivity contribution in [1.82, 2.24) is 24.9 Å². The fourth-order valence-corrected chi connectivity index (χ4v) is 2.13. The molecule has 0 aliphatic carbocycles. The van der Waals surface area contributed by atoms with E-state index < -0.39 is 0 Å². The van der Waals surface area contributed by atoms with Crippen molar-refractivity contribution in [3.8, 4) is 0 Å². The number of hydrogen-bond donors (Lipinski definition) is 1. The van der Waals surface area contributed by atoms with Crippen LogP contribution in [-0.2, 0) is 13.6 Å². The molecule has 0 radical (unpaired) electrons. The van der Waals surface area contributed by atoms with Gasteiger partial charge in [0, 0.05) is 36.6 Å². The molecule has 2 aromatic heterocycles. The number of nitrogens with zero attached hydrogens (tertiary/aromatic N) is 4. The van der Waals surface area contributed by atoms with E-state index in [-0.39, 0.29) is 0 Å². The van der Waals surface area contributed by atoms with Crippen LogP contribution >= 0.6 is 0 Å². The van der Waals surface area contributed by atoms with Gasteiger partial charge in [-0.1, -0.05) is 13.8 Å². The Bertz CT molecular complexity index is 485. The molecule has 1 atom stereocenters. The van der Waals surface area contributed by atoms with Crippen LogP contribution in [0.4, 0.5) is 0 Å². The first-order valence-electron chi connectivity index (χ1n) is 6.46. The second kappa shape index (κ2) is 5.82. The van der Waals surface area contributed by atoms with Gasteiger partial charge >= 0.3 is 0 Å². The molecule has 2 rings (SSSR count). The van der Waals surface area contributed by atoms with E-state index >= 15 is 0 Å². The molecule has 0 saturated carbocycles. The standard InChI is InChI=1S/C13H21N5/c1-4-13(14-5-2)12-7-16-18(10-12)9-11-6-15-17(3)8-11/h6-8,10,13-14H,4-5,9H2,1-3H3. The van der Waals surface area contributed by atoms with Gasteiger partial charge < -0.3 is 5.32 Å². The van der Waals surface area contributed by atoms with E-state index in [1.165, 1.54) is 11.1 Å². The second-order valence-electron chi connectivity index (χ2n) is 4.51. The summed E-state index contributed by atoms with van der Waals surface area (Å²) in [5.74, 6) is 0. The van der Waals surface area contributed by atoms with Gasteiger partial charge in [-0.25, -0.2) is 0 Å². The maximum atomic E-state index is 4.41. The summed E-state index contributed by atoms with van der Waals surface area (Å²) < 4.78 is 3.78. The Morgan fingerprint density at radius 1 is 1.22 bits per heavy atom. The summed E-state index contributed by atoms with van der Waals surface area (Å²) in [6, 6.07) is 0.401. The lowest BCUT2D eigenvalue weighted by molar-refractivity contribution is 0.536. The zero-order chi connectivity index (χ0) is 13.0. The van der Waals surface area contributed by atoms with E-state index in [4.69, 9.17) is 0 Å². The zero-order valence-corrected chi connectivity index (χ0v) is 11.3. The van der Waals surface area contributed by atoms with E-state index in [1.807, 2.05) is 35.0 Å². The van der Waals surface area contributed by atoms with Crippen LogP contribution in [0.25, 0.3) is 0 Å². The first kappa shape index (κ1) is 12.8. The molecule has 0 aliphatic heterocycles. The van der Waals surface area contributed by atoms with Crippen LogP contribution in [0.1, 0.15) is 37.4 Å². The van der Waals surface area contributed by atoms with Crippen molar-refractivity contribution in [3.63, 3.8) is 0 Å². The molecule has 18 heavy (non-hydrogen) atoms. The molecule has 98 valence electrons. The topological polar surface area (TPSA) is 47.7 Å². The second-order valence-corrected chi connectivity index (χ2v) is 4.51. The number of rotatable bonds is 6. The smallest absolute Gasteiger partial charge is 0.0690 e. The van der Waals surface area contributed by atoms with Gasteiger partial charge in [0.2, 0.25) is 0 Å². The lowest BCUT2D eigenvalue weighted by atomic mass is 10.1. The van der Waals surface area contributed by atoms with Crippen molar-refractivity contribution in [3.05, 3.63) is 35.9 Å². The van der Waals surface area contributed by atoms with Gasteiger partial charge in [-0.2, -0.15) is 10.2 Å². The Morgan fingerprint density at radius 3 is 2.67 bits per heavy atom. The zero-order valence-electron chi connectivity index (χ0n) is 11.3. The molecular weight excluding hydrogens is 226 g/mol. The highest BCUT2D eigenvalue weighted by Crippen LogP contribution is 2.15. The van der Waals surface area contributed by atoms with Crippen molar-refractivity contribution in [1.29, 1.82) is 0 Å². The quantitative estimate of drug-likeness (QED) is 0.845. The Morgan fingerprint density at radius 2 is 2.06 bits per heavy atom. The van der Waals surface area contributed by atoms with E-state index in [2.05, 4.69) is 35.6 Å². The molecule has 1 N–H and O–H groups in total. The molecule has 1 unspecified atom stereocenters. The molecule has 0 bridgehead atoms. The van der Waals surface area contributed by atoms with E-state index in [0.29, 0.717) is 6.04 Å². The highest BCUT2D eigenvalue weighted by Gasteiger charge is 2.10. The Kier molecular flexibility index (Phi) is 4.15. The predicted molar refractivity (Wildman–Crippen MR) is 71.2 cm³/mol. The van der Waals surface area contributed by atoms with Gasteiger partial charge in [0.1, 0.15) is 0 Å². The molecule has 5 nitrogen and oxygen atoms in total. The molecule has 0 amide bonds. The average molecular weight is 247 g/mol. The van der Waals surface area contributed by atoms with Gasteiger partial charge in [-0.3, -0.25) is 9.36 Å². The third-order valence-corrected chi connectivity index (χ3v) is 3.02. The summed E-state index contributed by atoms with van der Waals surface area (Å²) in [6.45, 7) is 6.07. The minimum Gasteiger partial charge on any atom is -0.310 e. The Hall–Kier alpha value is -1.62. The normalized spacial score (nSPS) is 12.8. The molecule has 2 heterocycles. The molecule has 0 aromatic carbocycles. The van der Waals surface area contributed by atoms with Crippen LogP contribution < -0.4 is 5.32 Å². The lowest BCUT2D eigenvalue weighted by Gasteiger charge is -2.13. The minimum absolute atomic E-state index is 0.401. The molecule has 0 saturated heterocycles. The molecule has 5 heteroatoms. The van der Waals surface area contributed by atoms with Crippen molar-refractivity contribution in [2.45, 2.75) is 32.9 Å².